The zero-order chi connectivity index (χ0) is 24.7. The number of hydrogen-bond acceptors (Lipinski definition) is 9. The van der Waals surface area contributed by atoms with E-state index in [1.807, 2.05) is 28.5 Å². The van der Waals surface area contributed by atoms with Gasteiger partial charge in [0.15, 0.2) is 9.51 Å². The van der Waals surface area contributed by atoms with Gasteiger partial charge in [0, 0.05) is 50.4 Å². The second kappa shape index (κ2) is 10.3. The van der Waals surface area contributed by atoms with Gasteiger partial charge in [-0.25, -0.2) is 27.9 Å². The van der Waals surface area contributed by atoms with E-state index in [0.717, 1.165) is 7.91 Å². The summed E-state index contributed by atoms with van der Waals surface area (Å²) in [7, 11) is -3.40. The summed E-state index contributed by atoms with van der Waals surface area (Å²) in [6.45, 7) is 2.34. The summed E-state index contributed by atoms with van der Waals surface area (Å²) in [5, 5.41) is 2.71. The van der Waals surface area contributed by atoms with Crippen LogP contribution in [0.3, 0.4) is 0 Å². The summed E-state index contributed by atoms with van der Waals surface area (Å²) < 4.78 is 35.4. The number of hydrogen-bond donors (Lipinski definition) is 1. The molecule has 35 heavy (non-hydrogen) atoms. The van der Waals surface area contributed by atoms with E-state index in [4.69, 9.17) is 21.3 Å². The van der Waals surface area contributed by atoms with Gasteiger partial charge in [0.2, 0.25) is 10.0 Å². The fourth-order valence-corrected chi connectivity index (χ4v) is 8.38. The molecule has 8 nitrogen and oxygen atoms in total. The number of sulfonamides is 1. The first-order valence-corrected chi connectivity index (χ1v) is 15.8. The van der Waals surface area contributed by atoms with Crippen molar-refractivity contribution in [2.45, 2.75) is 47.9 Å². The van der Waals surface area contributed by atoms with Gasteiger partial charge >= 0.3 is 5.97 Å². The molecule has 1 saturated heterocycles. The molecule has 186 valence electrons. The van der Waals surface area contributed by atoms with Gasteiger partial charge in [-0.3, -0.25) is 0 Å². The third-order valence-corrected chi connectivity index (χ3v) is 10.8. The molecule has 2 aliphatic heterocycles. The predicted octanol–water partition coefficient (Wildman–Crippen LogP) is 4.58. The highest BCUT2D eigenvalue weighted by Crippen LogP contribution is 2.44. The zero-order valence-electron chi connectivity index (χ0n) is 18.6. The number of nitrogens with zero attached hydrogens (tertiary/aromatic N) is 3. The van der Waals surface area contributed by atoms with Gasteiger partial charge in [-0.05, 0) is 66.3 Å². The van der Waals surface area contributed by atoms with E-state index in [1.54, 1.807) is 13.1 Å². The minimum atomic E-state index is -3.40. The summed E-state index contributed by atoms with van der Waals surface area (Å²) in [4.78, 5) is 24.5. The Morgan fingerprint density at radius 3 is 2.86 bits per heavy atom. The number of thioether (sulfide) groups is 1. The lowest BCUT2D eigenvalue weighted by Crippen LogP contribution is -2.40. The fourth-order valence-electron chi connectivity index (χ4n) is 4.18. The summed E-state index contributed by atoms with van der Waals surface area (Å²) in [5.74, 6) is -0.472. The van der Waals surface area contributed by atoms with E-state index in [0.29, 0.717) is 52.8 Å². The van der Waals surface area contributed by atoms with Crippen LogP contribution in [-0.2, 0) is 19.6 Å². The number of fused-ring (bicyclic) bond motifs is 1. The zero-order valence-corrected chi connectivity index (χ0v) is 24.0. The smallest absolute Gasteiger partial charge is 0.338 e. The minimum Gasteiger partial charge on any atom is -0.463 e. The maximum Gasteiger partial charge on any atom is 0.338 e. The molecule has 2 aromatic rings. The van der Waals surface area contributed by atoms with Crippen LogP contribution in [0.2, 0.25) is 5.02 Å². The molecule has 3 heterocycles. The Bertz CT molecular complexity index is 1310. The molecule has 0 spiro atoms. The molecule has 1 N–H and O–H groups in total. The summed E-state index contributed by atoms with van der Waals surface area (Å²) in [6.07, 6.45) is 3.45. The number of amidine groups is 1. The van der Waals surface area contributed by atoms with E-state index in [1.165, 1.54) is 23.1 Å². The van der Waals surface area contributed by atoms with Gasteiger partial charge in [0.1, 0.15) is 6.04 Å². The van der Waals surface area contributed by atoms with Crippen molar-refractivity contribution in [1.29, 1.82) is 0 Å². The molecule has 2 fully saturated rings. The monoisotopic (exact) mass is 664 g/mol. The van der Waals surface area contributed by atoms with Crippen molar-refractivity contribution in [3.63, 3.8) is 0 Å². The molecule has 13 heteroatoms. The highest BCUT2D eigenvalue weighted by molar-refractivity contribution is 14.1. The Balaban J connectivity index is 1.59. The molecule has 2 atom stereocenters. The van der Waals surface area contributed by atoms with Gasteiger partial charge in [0.25, 0.3) is 0 Å². The highest BCUT2D eigenvalue weighted by Gasteiger charge is 2.44. The van der Waals surface area contributed by atoms with Crippen LogP contribution in [0.1, 0.15) is 37.8 Å². The number of aliphatic imine (C=N–C) groups is 1. The van der Waals surface area contributed by atoms with Crippen LogP contribution in [-0.4, -0.2) is 53.9 Å². The van der Waals surface area contributed by atoms with Gasteiger partial charge in [-0.2, -0.15) is 0 Å². The van der Waals surface area contributed by atoms with Crippen LogP contribution in [0, 0.1) is 3.57 Å². The number of benzene rings is 1. The van der Waals surface area contributed by atoms with E-state index in [9.17, 15) is 13.2 Å². The van der Waals surface area contributed by atoms with Crippen molar-refractivity contribution < 1.29 is 17.9 Å². The number of ether oxygens (including phenoxy) is 1. The lowest BCUT2D eigenvalue weighted by molar-refractivity contribution is -0.139. The van der Waals surface area contributed by atoms with Gasteiger partial charge < -0.3 is 9.64 Å². The number of aromatic nitrogens is 1. The predicted molar refractivity (Wildman–Crippen MR) is 146 cm³/mol. The molecule has 1 aliphatic carbocycles. The van der Waals surface area contributed by atoms with Crippen molar-refractivity contribution >= 4 is 78.5 Å². The topological polar surface area (TPSA) is 101 Å². The maximum absolute atomic E-state index is 13.3. The normalized spacial score (nSPS) is 22.3. The average Bonchev–Trinajstić information content (AvgIpc) is 3.40. The van der Waals surface area contributed by atoms with Crippen molar-refractivity contribution in [1.82, 2.24) is 14.6 Å². The highest BCUT2D eigenvalue weighted by atomic mass is 127. The van der Waals surface area contributed by atoms with Crippen LogP contribution >= 0.6 is 57.3 Å². The number of nitrogens with one attached hydrogen (secondary N) is 1. The standard InChI is InChI=1S/C22H22ClIN4O4S3/c1-2-32-20(29)18-17-10-13(27-35(30,31)14-4-5-14)11-28(17)21(34-22-25-7-8-33-22)26-19(18)15-6-3-12(24)9-16(15)23/h3,6-9,13-14,19,27H,2,4-5,10-11H2,1H3/t13-,19-/m0/s1. The second-order valence-corrected chi connectivity index (χ2v) is 14.1. The third-order valence-electron chi connectivity index (χ3n) is 5.86. The molecule has 0 bridgehead atoms. The summed E-state index contributed by atoms with van der Waals surface area (Å²) >= 11 is 11.7. The summed E-state index contributed by atoms with van der Waals surface area (Å²) in [6, 6.07) is 4.58. The molecule has 0 unspecified atom stereocenters. The van der Waals surface area contributed by atoms with Crippen LogP contribution < -0.4 is 4.72 Å². The largest absolute Gasteiger partial charge is 0.463 e. The van der Waals surface area contributed by atoms with E-state index < -0.39 is 22.0 Å². The van der Waals surface area contributed by atoms with E-state index >= 15 is 0 Å². The lowest BCUT2D eigenvalue weighted by atomic mass is 9.95. The van der Waals surface area contributed by atoms with Crippen LogP contribution in [0.4, 0.5) is 0 Å². The third kappa shape index (κ3) is 5.42. The molecule has 1 saturated carbocycles. The minimum absolute atomic E-state index is 0.213. The molecule has 0 radical (unpaired) electrons. The van der Waals surface area contributed by atoms with Crippen LogP contribution in [0.25, 0.3) is 0 Å². The Morgan fingerprint density at radius 2 is 2.20 bits per heavy atom. The van der Waals surface area contributed by atoms with Crippen molar-refractivity contribution in [3.8, 4) is 0 Å². The van der Waals surface area contributed by atoms with Gasteiger partial charge in [0.05, 0.1) is 17.4 Å². The summed E-state index contributed by atoms with van der Waals surface area (Å²) in [5.41, 5.74) is 1.80. The Kier molecular flexibility index (Phi) is 7.48. The quantitative estimate of drug-likeness (QED) is 0.342. The number of thiazole rings is 1. The maximum atomic E-state index is 13.3. The molecule has 1 aromatic heterocycles. The molecule has 5 rings (SSSR count). The van der Waals surface area contributed by atoms with Crippen LogP contribution in [0.15, 0.2) is 50.4 Å². The van der Waals surface area contributed by atoms with Crippen LogP contribution in [0.5, 0.6) is 0 Å². The molecule has 1 aromatic carbocycles. The molecular weight excluding hydrogens is 643 g/mol. The lowest BCUT2D eigenvalue weighted by Gasteiger charge is -2.31. The molecule has 0 amide bonds. The number of halogens is 2. The molecule has 3 aliphatic rings. The molecular formula is C22H22ClIN4O4S3. The second-order valence-electron chi connectivity index (χ2n) is 8.33. The number of carbonyl (C=O) groups excluding carboxylic acids is 1. The van der Waals surface area contributed by atoms with Crippen molar-refractivity contribution in [3.05, 3.63) is 55.2 Å². The van der Waals surface area contributed by atoms with Crippen molar-refractivity contribution in [2.24, 2.45) is 4.99 Å². The first-order valence-electron chi connectivity index (χ1n) is 11.1. The van der Waals surface area contributed by atoms with Gasteiger partial charge in [-0.1, -0.05) is 17.7 Å². The first-order chi connectivity index (χ1) is 16.8. The average molecular weight is 665 g/mol. The van der Waals surface area contributed by atoms with Crippen molar-refractivity contribution in [2.75, 3.05) is 13.2 Å². The van der Waals surface area contributed by atoms with E-state index in [2.05, 4.69) is 32.3 Å². The SMILES string of the molecule is CCOC(=O)C1=C2C[C@H](NS(=O)(=O)C3CC3)CN2C(Sc2nccs2)=N[C@H]1c1ccc(I)cc1Cl. The number of rotatable bonds is 7. The number of esters is 1. The Hall–Kier alpha value is -1.19. The fraction of sp³-hybridized carbons (Fsp3) is 0.409. The Morgan fingerprint density at radius 1 is 1.40 bits per heavy atom. The van der Waals surface area contributed by atoms with Gasteiger partial charge in [-0.15, -0.1) is 11.3 Å². The first kappa shape index (κ1) is 25.5. The van der Waals surface area contributed by atoms with E-state index in [-0.39, 0.29) is 17.9 Å². The number of carbonyl (C=O) groups is 1. The Labute approximate surface area is 230 Å².